The van der Waals surface area contributed by atoms with Crippen LogP contribution in [0.4, 0.5) is 4.39 Å². The Morgan fingerprint density at radius 2 is 2.27 bits per heavy atom. The number of carbonyl (C=O) groups excluding carboxylic acids is 1. The molecule has 26 heavy (non-hydrogen) atoms. The van der Waals surface area contributed by atoms with Crippen LogP contribution in [-0.4, -0.2) is 65.2 Å². The van der Waals surface area contributed by atoms with Gasteiger partial charge in [-0.3, -0.25) is 14.6 Å². The lowest BCUT2D eigenvalue weighted by molar-refractivity contribution is -0.129. The molecule has 2 heterocycles. The number of nitrogens with zero attached hydrogens (tertiary/aromatic N) is 4. The second-order valence-electron chi connectivity index (χ2n) is 6.59. The van der Waals surface area contributed by atoms with Gasteiger partial charge in [0.1, 0.15) is 12.4 Å². The summed E-state index contributed by atoms with van der Waals surface area (Å²) in [5.74, 6) is 0.385. The van der Waals surface area contributed by atoms with Gasteiger partial charge in [-0.1, -0.05) is 16.8 Å². The van der Waals surface area contributed by atoms with Crippen LogP contribution in [0.1, 0.15) is 18.3 Å². The number of ether oxygens (including phenoxy) is 1. The molecule has 0 aliphatic carbocycles. The van der Waals surface area contributed by atoms with E-state index in [-0.39, 0.29) is 11.7 Å². The molecule has 2 aromatic rings. The van der Waals surface area contributed by atoms with E-state index in [1.807, 2.05) is 6.92 Å². The molecule has 1 aliphatic rings. The molecular formula is C18H23FN4O3. The maximum atomic E-state index is 14.0. The first-order valence-corrected chi connectivity index (χ1v) is 8.67. The van der Waals surface area contributed by atoms with Gasteiger partial charge in [-0.05, 0) is 26.0 Å². The van der Waals surface area contributed by atoms with Crippen LogP contribution in [0.15, 0.2) is 22.7 Å². The summed E-state index contributed by atoms with van der Waals surface area (Å²) in [5, 5.41) is 4.00. The Labute approximate surface area is 151 Å². The van der Waals surface area contributed by atoms with E-state index in [4.69, 9.17) is 9.26 Å². The Hall–Kier alpha value is -2.32. The Kier molecular flexibility index (Phi) is 5.95. The van der Waals surface area contributed by atoms with E-state index in [0.717, 1.165) is 31.7 Å². The van der Waals surface area contributed by atoms with Crippen LogP contribution >= 0.6 is 0 Å². The predicted molar refractivity (Wildman–Crippen MR) is 92.8 cm³/mol. The van der Waals surface area contributed by atoms with Crippen LogP contribution in [0.2, 0.25) is 0 Å². The first-order valence-electron chi connectivity index (χ1n) is 8.67. The highest BCUT2D eigenvalue weighted by atomic mass is 19.1. The summed E-state index contributed by atoms with van der Waals surface area (Å²) in [6.07, 6.45) is 0. The monoisotopic (exact) mass is 362 g/mol. The molecule has 140 valence electrons. The molecule has 0 bridgehead atoms. The number of aromatic nitrogens is 2. The standard InChI is InChI=1S/C18H23FN4O3/c1-13-3-4-16(19)15(9-13)18-20-17(21-26-18)11-22-5-6-23(14(2)10-22)7-8-25-12-24/h3-4,9,12,14H,5-8,10-11H2,1-2H3/t14-/m1/s1. The minimum atomic E-state index is -0.370. The van der Waals surface area contributed by atoms with Gasteiger partial charge in [0.2, 0.25) is 0 Å². The van der Waals surface area contributed by atoms with Crippen LogP contribution < -0.4 is 0 Å². The largest absolute Gasteiger partial charge is 0.467 e. The van der Waals surface area contributed by atoms with Crippen LogP contribution in [-0.2, 0) is 16.1 Å². The zero-order chi connectivity index (χ0) is 18.5. The fourth-order valence-electron chi connectivity index (χ4n) is 3.20. The second kappa shape index (κ2) is 8.37. The number of hydrogen-bond acceptors (Lipinski definition) is 7. The van der Waals surface area contributed by atoms with Crippen molar-refractivity contribution in [2.45, 2.75) is 26.4 Å². The molecule has 0 unspecified atom stereocenters. The Bertz CT molecular complexity index is 752. The van der Waals surface area contributed by atoms with Crippen molar-refractivity contribution in [3.63, 3.8) is 0 Å². The van der Waals surface area contributed by atoms with E-state index >= 15 is 0 Å². The van der Waals surface area contributed by atoms with E-state index in [1.165, 1.54) is 6.07 Å². The summed E-state index contributed by atoms with van der Waals surface area (Å²) in [5.41, 5.74) is 1.27. The Balaban J connectivity index is 1.58. The summed E-state index contributed by atoms with van der Waals surface area (Å²) in [6, 6.07) is 5.15. The molecule has 0 N–H and O–H groups in total. The summed E-state index contributed by atoms with van der Waals surface area (Å²) in [4.78, 5) is 19.1. The van der Waals surface area contributed by atoms with Gasteiger partial charge in [0.15, 0.2) is 5.82 Å². The van der Waals surface area contributed by atoms with Crippen molar-refractivity contribution in [3.8, 4) is 11.5 Å². The van der Waals surface area contributed by atoms with E-state index in [9.17, 15) is 9.18 Å². The smallest absolute Gasteiger partial charge is 0.293 e. The van der Waals surface area contributed by atoms with Crippen molar-refractivity contribution < 1.29 is 18.4 Å². The predicted octanol–water partition coefficient (Wildman–Crippen LogP) is 1.86. The summed E-state index contributed by atoms with van der Waals surface area (Å²) in [7, 11) is 0. The average molecular weight is 362 g/mol. The van der Waals surface area contributed by atoms with Crippen molar-refractivity contribution in [1.29, 1.82) is 0 Å². The lowest BCUT2D eigenvalue weighted by atomic mass is 10.1. The zero-order valence-electron chi connectivity index (χ0n) is 15.0. The molecule has 0 radical (unpaired) electrons. The van der Waals surface area contributed by atoms with Crippen molar-refractivity contribution in [2.24, 2.45) is 0 Å². The minimum Gasteiger partial charge on any atom is -0.467 e. The second-order valence-corrected chi connectivity index (χ2v) is 6.59. The third-order valence-electron chi connectivity index (χ3n) is 4.60. The number of hydrogen-bond donors (Lipinski definition) is 0. The highest BCUT2D eigenvalue weighted by Gasteiger charge is 2.25. The summed E-state index contributed by atoms with van der Waals surface area (Å²) in [6.45, 7) is 8.78. The molecule has 0 saturated carbocycles. The summed E-state index contributed by atoms with van der Waals surface area (Å²) < 4.78 is 24.0. The van der Waals surface area contributed by atoms with Crippen molar-refractivity contribution in [2.75, 3.05) is 32.8 Å². The molecule has 3 rings (SSSR count). The molecule has 1 fully saturated rings. The van der Waals surface area contributed by atoms with Gasteiger partial charge in [-0.15, -0.1) is 0 Å². The van der Waals surface area contributed by atoms with Crippen molar-refractivity contribution in [3.05, 3.63) is 35.4 Å². The van der Waals surface area contributed by atoms with Crippen LogP contribution in [0, 0.1) is 12.7 Å². The fraction of sp³-hybridized carbons (Fsp3) is 0.500. The quantitative estimate of drug-likeness (QED) is 0.550. The van der Waals surface area contributed by atoms with Gasteiger partial charge in [-0.2, -0.15) is 4.98 Å². The molecule has 7 nitrogen and oxygen atoms in total. The maximum absolute atomic E-state index is 14.0. The van der Waals surface area contributed by atoms with Crippen LogP contribution in [0.25, 0.3) is 11.5 Å². The van der Waals surface area contributed by atoms with Gasteiger partial charge in [0.25, 0.3) is 12.4 Å². The van der Waals surface area contributed by atoms with E-state index < -0.39 is 0 Å². The minimum absolute atomic E-state index is 0.207. The molecular weight excluding hydrogens is 339 g/mol. The van der Waals surface area contributed by atoms with Gasteiger partial charge in [-0.25, -0.2) is 4.39 Å². The molecule has 1 aromatic carbocycles. The number of benzene rings is 1. The molecule has 1 aromatic heterocycles. The molecule has 1 aliphatic heterocycles. The van der Waals surface area contributed by atoms with Crippen LogP contribution in [0.5, 0.6) is 0 Å². The van der Waals surface area contributed by atoms with E-state index in [0.29, 0.717) is 37.1 Å². The fourth-order valence-corrected chi connectivity index (χ4v) is 3.20. The van der Waals surface area contributed by atoms with Gasteiger partial charge < -0.3 is 9.26 Å². The first kappa shape index (κ1) is 18.5. The number of aryl methyl sites for hydroxylation is 1. The SMILES string of the molecule is Cc1ccc(F)c(-c2nc(CN3CCN(CCOC=O)[C@H](C)C3)no2)c1. The molecule has 0 amide bonds. The van der Waals surface area contributed by atoms with E-state index in [1.54, 1.807) is 12.1 Å². The molecule has 8 heteroatoms. The van der Waals surface area contributed by atoms with Crippen molar-refractivity contribution in [1.82, 2.24) is 19.9 Å². The number of piperazine rings is 1. The normalized spacial score (nSPS) is 18.8. The van der Waals surface area contributed by atoms with Gasteiger partial charge >= 0.3 is 0 Å². The number of carbonyl (C=O) groups is 1. The van der Waals surface area contributed by atoms with Crippen LogP contribution in [0.3, 0.4) is 0 Å². The zero-order valence-corrected chi connectivity index (χ0v) is 15.0. The maximum Gasteiger partial charge on any atom is 0.293 e. The van der Waals surface area contributed by atoms with E-state index in [2.05, 4.69) is 26.9 Å². The lowest BCUT2D eigenvalue weighted by Gasteiger charge is -2.39. The molecule has 1 atom stereocenters. The highest BCUT2D eigenvalue weighted by molar-refractivity contribution is 5.55. The third kappa shape index (κ3) is 4.44. The van der Waals surface area contributed by atoms with Crippen molar-refractivity contribution >= 4 is 6.47 Å². The molecule has 1 saturated heterocycles. The first-order chi connectivity index (χ1) is 12.6. The van der Waals surface area contributed by atoms with Gasteiger partial charge in [0.05, 0.1) is 12.1 Å². The topological polar surface area (TPSA) is 71.7 Å². The average Bonchev–Trinajstić information content (AvgIpc) is 3.07. The Morgan fingerprint density at radius 1 is 1.42 bits per heavy atom. The highest BCUT2D eigenvalue weighted by Crippen LogP contribution is 2.22. The third-order valence-corrected chi connectivity index (χ3v) is 4.60. The number of rotatable bonds is 7. The molecule has 0 spiro atoms. The number of halogens is 1. The van der Waals surface area contributed by atoms with Gasteiger partial charge in [0, 0.05) is 32.2 Å². The Morgan fingerprint density at radius 3 is 3.04 bits per heavy atom. The lowest BCUT2D eigenvalue weighted by Crippen LogP contribution is -2.52. The summed E-state index contributed by atoms with van der Waals surface area (Å²) >= 11 is 0.